The summed E-state index contributed by atoms with van der Waals surface area (Å²) in [6.07, 6.45) is 0. The molecule has 0 saturated heterocycles. The van der Waals surface area contributed by atoms with E-state index in [0.29, 0.717) is 0 Å². The minimum absolute atomic E-state index is 0. The molecule has 0 saturated carbocycles. The van der Waals surface area contributed by atoms with Crippen molar-refractivity contribution in [2.45, 2.75) is 0 Å². The molecule has 0 rings (SSSR count). The third kappa shape index (κ3) is 18.1. The van der Waals surface area contributed by atoms with E-state index < -0.39 is 0 Å². The topological polar surface area (TPSA) is 0 Å². The van der Waals surface area contributed by atoms with Gasteiger partial charge in [0.25, 0.3) is 0 Å². The second kappa shape index (κ2) is 24.9. The third-order valence-electron chi connectivity index (χ3n) is 0. The van der Waals surface area contributed by atoms with Crippen LogP contribution < -0.4 is 0 Å². The van der Waals surface area contributed by atoms with Gasteiger partial charge in [0, 0.05) is 20.1 Å². The second-order valence-electron chi connectivity index (χ2n) is 0. The molecular formula is H8IrSn4. The first-order valence-corrected chi connectivity index (χ1v) is 0. The Kier molecular flexibility index (Phi) is 183. The molecule has 0 nitrogen and oxygen atoms in total. The van der Waals surface area contributed by atoms with Gasteiger partial charge < -0.3 is 0 Å². The van der Waals surface area contributed by atoms with Gasteiger partial charge in [-0.1, -0.05) is 0 Å². The van der Waals surface area contributed by atoms with Crippen LogP contribution in [0, 0.1) is 0 Å². The monoisotopic (exact) mass is 681 g/mol. The van der Waals surface area contributed by atoms with Gasteiger partial charge in [-0.25, -0.2) is 0 Å². The fourth-order valence-electron chi connectivity index (χ4n) is 0. The maximum absolute atomic E-state index is 0. The summed E-state index contributed by atoms with van der Waals surface area (Å²) < 4.78 is 0. The molecule has 0 aromatic carbocycles. The molecule has 33 valence electrons. The van der Waals surface area contributed by atoms with Gasteiger partial charge in [0.2, 0.25) is 0 Å². The van der Waals surface area contributed by atoms with Crippen molar-refractivity contribution < 1.29 is 20.1 Å². The van der Waals surface area contributed by atoms with E-state index in [2.05, 4.69) is 0 Å². The van der Waals surface area contributed by atoms with Crippen molar-refractivity contribution in [1.82, 2.24) is 0 Å². The summed E-state index contributed by atoms with van der Waals surface area (Å²) in [5.74, 6) is 0. The Morgan fingerprint density at radius 3 is 0.400 bits per heavy atom. The van der Waals surface area contributed by atoms with Gasteiger partial charge in [0.1, 0.15) is 0 Å². The van der Waals surface area contributed by atoms with Crippen LogP contribution in [0.1, 0.15) is 0 Å². The van der Waals surface area contributed by atoms with Gasteiger partial charge in [-0.2, -0.15) is 0 Å². The zero-order valence-corrected chi connectivity index (χ0v) is 21.7. The van der Waals surface area contributed by atoms with Gasteiger partial charge >= 0.3 is 95.6 Å². The Morgan fingerprint density at radius 1 is 0.400 bits per heavy atom. The number of hydrogen-bond acceptors (Lipinski definition) is 0. The summed E-state index contributed by atoms with van der Waals surface area (Å²) in [5.41, 5.74) is 0. The molecule has 5 heavy (non-hydrogen) atoms. The molecule has 0 N–H and O–H groups in total. The number of hydrogen-bond donors (Lipinski definition) is 0. The van der Waals surface area contributed by atoms with Gasteiger partial charge in [-0.05, 0) is 0 Å². The molecule has 0 aliphatic rings. The Bertz CT molecular complexity index is 3.61. The van der Waals surface area contributed by atoms with Gasteiger partial charge in [-0.15, -0.1) is 0 Å². The average molecular weight is 675 g/mol. The molecule has 0 aliphatic carbocycles. The van der Waals surface area contributed by atoms with E-state index in [1.165, 1.54) is 0 Å². The first-order chi connectivity index (χ1) is 0. The molecule has 0 amide bonds. The predicted molar refractivity (Wildman–Crippen MR) is 34.2 cm³/mol. The minimum atomic E-state index is 0. The second-order valence-corrected chi connectivity index (χ2v) is 0. The van der Waals surface area contributed by atoms with E-state index in [1.54, 1.807) is 0 Å². The zero-order valence-electron chi connectivity index (χ0n) is 3.16. The van der Waals surface area contributed by atoms with Crippen molar-refractivity contribution in [1.29, 1.82) is 0 Å². The molecule has 0 aliphatic heterocycles. The normalized spacial score (nSPS) is 0. The zero-order chi connectivity index (χ0) is 0. The quantitative estimate of drug-likeness (QED) is 0.233. The van der Waals surface area contributed by atoms with Crippen LogP contribution in [-0.4, -0.2) is 95.6 Å². The van der Waals surface area contributed by atoms with E-state index in [1.807, 2.05) is 0 Å². The predicted octanol–water partition coefficient (Wildman–Crippen LogP) is -3.67. The van der Waals surface area contributed by atoms with E-state index in [4.69, 9.17) is 0 Å². The van der Waals surface area contributed by atoms with Crippen LogP contribution in [0.5, 0.6) is 0 Å². The molecule has 0 heterocycles. The molecular weight excluding hydrogens is 667 g/mol. The molecule has 0 aromatic rings. The fourth-order valence-corrected chi connectivity index (χ4v) is 0. The summed E-state index contributed by atoms with van der Waals surface area (Å²) in [6.45, 7) is 0. The van der Waals surface area contributed by atoms with Gasteiger partial charge in [0.05, 0.1) is 0 Å². The Balaban J connectivity index is 0. The molecule has 0 fully saturated rings. The van der Waals surface area contributed by atoms with E-state index in [0.717, 1.165) is 0 Å². The summed E-state index contributed by atoms with van der Waals surface area (Å²) in [5, 5.41) is 0. The van der Waals surface area contributed by atoms with Crippen LogP contribution in [0.15, 0.2) is 0 Å². The average Bonchev–Trinajstić information content (AvgIpc) is 0. The van der Waals surface area contributed by atoms with E-state index in [9.17, 15) is 0 Å². The molecule has 0 bridgehead atoms. The molecule has 5 heteroatoms. The summed E-state index contributed by atoms with van der Waals surface area (Å²) in [4.78, 5) is 0. The van der Waals surface area contributed by atoms with E-state index >= 15 is 0 Å². The third-order valence-corrected chi connectivity index (χ3v) is 0. The van der Waals surface area contributed by atoms with Crippen molar-refractivity contribution in [3.8, 4) is 0 Å². The van der Waals surface area contributed by atoms with Gasteiger partial charge in [0.15, 0.2) is 0 Å². The SMILES string of the molecule is [Ir].[SnH2].[SnH2].[SnH2].[SnH2]. The number of rotatable bonds is 0. The van der Waals surface area contributed by atoms with Crippen molar-refractivity contribution in [3.63, 3.8) is 0 Å². The maximum atomic E-state index is 0. The van der Waals surface area contributed by atoms with E-state index in [-0.39, 0.29) is 116 Å². The summed E-state index contributed by atoms with van der Waals surface area (Å²) >= 11 is 0. The van der Waals surface area contributed by atoms with Crippen LogP contribution >= 0.6 is 0 Å². The molecule has 0 aromatic heterocycles. The van der Waals surface area contributed by atoms with Crippen LogP contribution in [0.2, 0.25) is 0 Å². The summed E-state index contributed by atoms with van der Waals surface area (Å²) in [6, 6.07) is 0. The Hall–Kier alpha value is 3.84. The van der Waals surface area contributed by atoms with Crippen molar-refractivity contribution >= 4 is 95.6 Å². The molecule has 0 atom stereocenters. The standard InChI is InChI=1S/Ir.4Sn.8H. The van der Waals surface area contributed by atoms with Gasteiger partial charge in [-0.3, -0.25) is 0 Å². The van der Waals surface area contributed by atoms with Crippen molar-refractivity contribution in [2.75, 3.05) is 0 Å². The molecule has 0 unspecified atom stereocenters. The van der Waals surface area contributed by atoms with Crippen molar-refractivity contribution in [3.05, 3.63) is 0 Å². The fraction of sp³-hybridized carbons (Fsp3) is 0. The van der Waals surface area contributed by atoms with Crippen LogP contribution in [0.3, 0.4) is 0 Å². The molecule has 0 spiro atoms. The van der Waals surface area contributed by atoms with Crippen LogP contribution in [0.4, 0.5) is 0 Å². The first-order valence-electron chi connectivity index (χ1n) is 0. The first kappa shape index (κ1) is 36.8. The van der Waals surface area contributed by atoms with Crippen molar-refractivity contribution in [2.24, 2.45) is 0 Å². The Labute approximate surface area is 113 Å². The Morgan fingerprint density at radius 2 is 0.400 bits per heavy atom. The molecule has 9 radical (unpaired) electrons. The summed E-state index contributed by atoms with van der Waals surface area (Å²) in [7, 11) is 0. The van der Waals surface area contributed by atoms with Crippen LogP contribution in [-0.2, 0) is 20.1 Å². The van der Waals surface area contributed by atoms with Crippen LogP contribution in [0.25, 0.3) is 0 Å².